The molecule has 0 aromatic carbocycles. The number of allylic oxidation sites excluding steroid dienone is 4. The van der Waals surface area contributed by atoms with Crippen molar-refractivity contribution in [1.82, 2.24) is 0 Å². The Bertz CT molecular complexity index is 192. The average Bonchev–Trinajstić information content (AvgIpc) is 2.03. The largest absolute Gasteiger partial charge is 0.397 e. The summed E-state index contributed by atoms with van der Waals surface area (Å²) in [6.45, 7) is 11.3. The minimum Gasteiger partial charge on any atom is -0.397 e. The summed E-state index contributed by atoms with van der Waals surface area (Å²) >= 11 is 0. The van der Waals surface area contributed by atoms with Crippen molar-refractivity contribution in [2.45, 2.75) is 19.2 Å². The Morgan fingerprint density at radius 3 is 2.42 bits per heavy atom. The molecule has 0 aliphatic rings. The molecule has 65 valence electrons. The molecule has 2 heteroatoms. The number of hydrogen-bond acceptors (Lipinski definition) is 1. The Morgan fingerprint density at radius 1 is 1.50 bits per heavy atom. The van der Waals surface area contributed by atoms with Crippen molar-refractivity contribution >= 4 is 7.28 Å². The highest BCUT2D eigenvalue weighted by molar-refractivity contribution is 6.50. The van der Waals surface area contributed by atoms with E-state index < -0.39 is 0 Å². The summed E-state index contributed by atoms with van der Waals surface area (Å²) in [7, 11) is 1.97. The average molecular weight is 163 g/mol. The van der Waals surface area contributed by atoms with E-state index in [0.29, 0.717) is 0 Å². The summed E-state index contributed by atoms with van der Waals surface area (Å²) in [6.07, 6.45) is 5.32. The van der Waals surface area contributed by atoms with Crippen LogP contribution in [0, 0.1) is 0 Å². The molecule has 0 fully saturated rings. The summed E-state index contributed by atoms with van der Waals surface area (Å²) in [5, 5.41) is 8.80. The van der Waals surface area contributed by atoms with Crippen molar-refractivity contribution in [3.63, 3.8) is 0 Å². The second kappa shape index (κ2) is 4.99. The van der Waals surface area contributed by atoms with Crippen LogP contribution in [0.3, 0.4) is 0 Å². The van der Waals surface area contributed by atoms with Crippen LogP contribution in [0.2, 0.25) is 5.31 Å². The smallest absolute Gasteiger partial charge is 0.161 e. The first kappa shape index (κ1) is 11.2. The van der Waals surface area contributed by atoms with Gasteiger partial charge in [0.05, 0.1) is 0 Å². The van der Waals surface area contributed by atoms with Gasteiger partial charge in [-0.2, -0.15) is 0 Å². The van der Waals surface area contributed by atoms with Crippen molar-refractivity contribution in [3.05, 3.63) is 36.9 Å². The second-order valence-corrected chi connectivity index (χ2v) is 3.40. The molecule has 0 aliphatic heterocycles. The Labute approximate surface area is 75.7 Å². The first-order valence-corrected chi connectivity index (χ1v) is 3.97. The standard InChI is InChI=1S/C10H16BO/c1-5-7-9(6-2)11-10(3,4)8-12/h5-7,12H,1-2,8H2,3-4H3/b9-7+. The number of rotatable bonds is 5. The van der Waals surface area contributed by atoms with Crippen LogP contribution in [0.5, 0.6) is 0 Å². The van der Waals surface area contributed by atoms with Gasteiger partial charge in [0.15, 0.2) is 7.28 Å². The lowest BCUT2D eigenvalue weighted by molar-refractivity contribution is 0.256. The van der Waals surface area contributed by atoms with E-state index >= 15 is 0 Å². The topological polar surface area (TPSA) is 20.2 Å². The van der Waals surface area contributed by atoms with Crippen LogP contribution in [-0.4, -0.2) is 19.0 Å². The van der Waals surface area contributed by atoms with E-state index in [1.165, 1.54) is 0 Å². The molecule has 1 radical (unpaired) electrons. The van der Waals surface area contributed by atoms with Crippen molar-refractivity contribution in [2.24, 2.45) is 0 Å². The zero-order valence-electron chi connectivity index (χ0n) is 7.88. The van der Waals surface area contributed by atoms with E-state index in [0.717, 1.165) is 5.47 Å². The summed E-state index contributed by atoms with van der Waals surface area (Å²) < 4.78 is 0. The first-order chi connectivity index (χ1) is 5.55. The molecule has 0 unspecified atom stereocenters. The van der Waals surface area contributed by atoms with Crippen molar-refractivity contribution in [1.29, 1.82) is 0 Å². The van der Waals surface area contributed by atoms with Crippen LogP contribution in [0.1, 0.15) is 13.8 Å². The molecular formula is C10H16BO. The molecule has 0 heterocycles. The summed E-state index contributed by atoms with van der Waals surface area (Å²) in [5.41, 5.74) is 0.990. The monoisotopic (exact) mass is 163 g/mol. The van der Waals surface area contributed by atoms with Crippen LogP contribution in [0.4, 0.5) is 0 Å². The third-order valence-corrected chi connectivity index (χ3v) is 1.51. The normalized spacial score (nSPS) is 12.4. The van der Waals surface area contributed by atoms with Crippen LogP contribution >= 0.6 is 0 Å². The molecule has 0 saturated heterocycles. The van der Waals surface area contributed by atoms with Gasteiger partial charge in [0.25, 0.3) is 0 Å². The summed E-state index contributed by atoms with van der Waals surface area (Å²) in [5.74, 6) is 0. The number of aliphatic hydroxyl groups is 1. The molecule has 1 nitrogen and oxygen atoms in total. The van der Waals surface area contributed by atoms with Gasteiger partial charge in [0.2, 0.25) is 0 Å². The van der Waals surface area contributed by atoms with Gasteiger partial charge in [0, 0.05) is 6.61 Å². The molecule has 0 bridgehead atoms. The third-order valence-electron chi connectivity index (χ3n) is 1.51. The Morgan fingerprint density at radius 2 is 2.08 bits per heavy atom. The van der Waals surface area contributed by atoms with E-state index in [2.05, 4.69) is 13.2 Å². The molecular weight excluding hydrogens is 147 g/mol. The molecule has 0 saturated carbocycles. The molecule has 1 N–H and O–H groups in total. The zero-order chi connectivity index (χ0) is 9.61. The highest BCUT2D eigenvalue weighted by Gasteiger charge is 2.18. The van der Waals surface area contributed by atoms with Gasteiger partial charge in [-0.15, -0.1) is 0 Å². The predicted octanol–water partition coefficient (Wildman–Crippen LogP) is 2.14. The zero-order valence-corrected chi connectivity index (χ0v) is 7.88. The third kappa shape index (κ3) is 4.19. The van der Waals surface area contributed by atoms with E-state index in [-0.39, 0.29) is 11.9 Å². The minimum atomic E-state index is -0.191. The first-order valence-electron chi connectivity index (χ1n) is 3.97. The maximum absolute atomic E-state index is 8.99. The Kier molecular flexibility index (Phi) is 4.68. The van der Waals surface area contributed by atoms with Crippen molar-refractivity contribution in [3.8, 4) is 0 Å². The highest BCUT2D eigenvalue weighted by Crippen LogP contribution is 2.23. The fraction of sp³-hybridized carbons (Fsp3) is 0.400. The number of hydrogen-bond donors (Lipinski definition) is 1. The quantitative estimate of drug-likeness (QED) is 0.486. The van der Waals surface area contributed by atoms with Gasteiger partial charge in [-0.1, -0.05) is 50.7 Å². The minimum absolute atomic E-state index is 0.134. The molecule has 0 aromatic heterocycles. The predicted molar refractivity (Wildman–Crippen MR) is 55.4 cm³/mol. The second-order valence-electron chi connectivity index (χ2n) is 3.40. The molecule has 0 atom stereocenters. The van der Waals surface area contributed by atoms with Crippen molar-refractivity contribution in [2.75, 3.05) is 6.61 Å². The van der Waals surface area contributed by atoms with Crippen molar-refractivity contribution < 1.29 is 5.11 Å². The Balaban J connectivity index is 4.30. The van der Waals surface area contributed by atoms with Crippen LogP contribution in [0.25, 0.3) is 0 Å². The maximum atomic E-state index is 8.99. The van der Waals surface area contributed by atoms with Gasteiger partial charge in [0.1, 0.15) is 0 Å². The fourth-order valence-corrected chi connectivity index (χ4v) is 0.808. The van der Waals surface area contributed by atoms with E-state index in [4.69, 9.17) is 5.11 Å². The Hall–Kier alpha value is -0.755. The molecule has 0 amide bonds. The highest BCUT2D eigenvalue weighted by atomic mass is 16.3. The lowest BCUT2D eigenvalue weighted by atomic mass is 9.50. The SMILES string of the molecule is C=C/C=C(/[B]C(C)(C)CO)C=C. The lowest BCUT2D eigenvalue weighted by Gasteiger charge is -2.20. The molecule has 0 aliphatic carbocycles. The van der Waals surface area contributed by atoms with E-state index in [1.54, 1.807) is 12.2 Å². The van der Waals surface area contributed by atoms with Crippen LogP contribution in [-0.2, 0) is 0 Å². The lowest BCUT2D eigenvalue weighted by Crippen LogP contribution is -2.18. The molecule has 0 rings (SSSR count). The van der Waals surface area contributed by atoms with Crippen LogP contribution < -0.4 is 0 Å². The molecule has 12 heavy (non-hydrogen) atoms. The van der Waals surface area contributed by atoms with Crippen LogP contribution in [0.15, 0.2) is 36.9 Å². The van der Waals surface area contributed by atoms with E-state index in [9.17, 15) is 0 Å². The van der Waals surface area contributed by atoms with Gasteiger partial charge in [-0.3, -0.25) is 0 Å². The fourth-order valence-electron chi connectivity index (χ4n) is 0.808. The van der Waals surface area contributed by atoms with E-state index in [1.807, 2.05) is 27.2 Å². The summed E-state index contributed by atoms with van der Waals surface area (Å²) in [4.78, 5) is 0. The van der Waals surface area contributed by atoms with Gasteiger partial charge in [-0.05, 0) is 5.31 Å². The van der Waals surface area contributed by atoms with Gasteiger partial charge >= 0.3 is 0 Å². The molecule has 0 spiro atoms. The summed E-state index contributed by atoms with van der Waals surface area (Å²) in [6, 6.07) is 0. The molecule has 0 aromatic rings. The number of aliphatic hydroxyl groups excluding tert-OH is 1. The maximum Gasteiger partial charge on any atom is 0.161 e. The van der Waals surface area contributed by atoms with Gasteiger partial charge in [-0.25, -0.2) is 0 Å². The van der Waals surface area contributed by atoms with Gasteiger partial charge < -0.3 is 5.11 Å².